The first-order valence-corrected chi connectivity index (χ1v) is 8.87. The summed E-state index contributed by atoms with van der Waals surface area (Å²) in [5.41, 5.74) is 1.23. The van der Waals surface area contributed by atoms with E-state index < -0.39 is 6.36 Å². The van der Waals surface area contributed by atoms with E-state index in [9.17, 15) is 13.2 Å². The van der Waals surface area contributed by atoms with Crippen LogP contribution in [0.4, 0.5) is 19.1 Å². The molecule has 146 valence electrons. The van der Waals surface area contributed by atoms with Gasteiger partial charge in [-0.15, -0.1) is 13.2 Å². The van der Waals surface area contributed by atoms with E-state index >= 15 is 0 Å². The Morgan fingerprint density at radius 2 is 1.74 bits per heavy atom. The first kappa shape index (κ1) is 19.3. The predicted octanol–water partition coefficient (Wildman–Crippen LogP) is 5.04. The highest BCUT2D eigenvalue weighted by atomic mass is 19.4. The van der Waals surface area contributed by atoms with Gasteiger partial charge >= 0.3 is 6.36 Å². The molecule has 1 saturated carbocycles. The summed E-state index contributed by atoms with van der Waals surface area (Å²) >= 11 is 0. The van der Waals surface area contributed by atoms with Crippen molar-refractivity contribution >= 4 is 5.95 Å². The number of halogens is 3. The van der Waals surface area contributed by atoms with Crippen LogP contribution in [0.25, 0.3) is 11.1 Å². The van der Waals surface area contributed by atoms with Crippen LogP contribution in [0.3, 0.4) is 0 Å². The number of aromatic nitrogens is 2. The summed E-state index contributed by atoms with van der Waals surface area (Å²) < 4.78 is 46.2. The molecule has 2 aromatic rings. The Hall–Kier alpha value is -2.51. The quantitative estimate of drug-likeness (QED) is 0.786. The highest BCUT2D eigenvalue weighted by Crippen LogP contribution is 2.35. The van der Waals surface area contributed by atoms with Gasteiger partial charge in [0.25, 0.3) is 0 Å². The number of benzene rings is 1. The predicted molar refractivity (Wildman–Crippen MR) is 95.7 cm³/mol. The minimum Gasteiger partial charge on any atom is -0.496 e. The number of hydrogen-bond acceptors (Lipinski definition) is 5. The molecule has 0 unspecified atom stereocenters. The number of nitrogens with one attached hydrogen (secondary N) is 1. The average Bonchev–Trinajstić information content (AvgIpc) is 2.63. The van der Waals surface area contributed by atoms with Crippen molar-refractivity contribution in [1.29, 1.82) is 0 Å². The molecule has 0 spiro atoms. The largest absolute Gasteiger partial charge is 0.573 e. The summed E-state index contributed by atoms with van der Waals surface area (Å²) in [6.07, 6.45) is 3.09. The fraction of sp³-hybridized carbons (Fsp3) is 0.474. The van der Waals surface area contributed by atoms with Crippen LogP contribution in [0, 0.1) is 5.92 Å². The van der Waals surface area contributed by atoms with Gasteiger partial charge in [0, 0.05) is 35.6 Å². The maximum absolute atomic E-state index is 12.4. The number of methoxy groups -OCH3 is 1. The second-order valence-electron chi connectivity index (χ2n) is 6.81. The molecule has 0 atom stereocenters. The molecular weight excluding hydrogens is 359 g/mol. The van der Waals surface area contributed by atoms with Crippen molar-refractivity contribution in [1.82, 2.24) is 9.97 Å². The third-order valence-corrected chi connectivity index (χ3v) is 4.72. The first-order chi connectivity index (χ1) is 12.8. The number of alkyl halides is 3. The topological polar surface area (TPSA) is 56.3 Å². The highest BCUT2D eigenvalue weighted by Gasteiger charge is 2.31. The van der Waals surface area contributed by atoms with Crippen LogP contribution >= 0.6 is 0 Å². The Bertz CT molecular complexity index is 758. The van der Waals surface area contributed by atoms with Gasteiger partial charge in [-0.05, 0) is 43.7 Å². The summed E-state index contributed by atoms with van der Waals surface area (Å²) in [4.78, 5) is 8.67. The van der Waals surface area contributed by atoms with E-state index in [2.05, 4.69) is 26.9 Å². The Morgan fingerprint density at radius 3 is 2.33 bits per heavy atom. The molecule has 1 N–H and O–H groups in total. The highest BCUT2D eigenvalue weighted by molar-refractivity contribution is 5.70. The van der Waals surface area contributed by atoms with Gasteiger partial charge < -0.3 is 14.8 Å². The lowest BCUT2D eigenvalue weighted by atomic mass is 9.87. The minimum absolute atomic E-state index is 0.252. The third kappa shape index (κ3) is 5.24. The van der Waals surface area contributed by atoms with Crippen LogP contribution in [0.5, 0.6) is 11.5 Å². The van der Waals surface area contributed by atoms with Gasteiger partial charge in [-0.25, -0.2) is 9.97 Å². The van der Waals surface area contributed by atoms with E-state index in [1.165, 1.54) is 38.2 Å². The zero-order chi connectivity index (χ0) is 19.4. The van der Waals surface area contributed by atoms with Crippen LogP contribution in [0.2, 0.25) is 0 Å². The standard InChI is InChI=1S/C19H22F3N3O2/c1-12-3-5-14(6-4-12)25-18-23-10-13(11-24-18)16-8-7-15(9-17(16)26-2)27-19(20,21)22/h7-12,14H,3-6H2,1-2H3,(H,23,24,25)/t12-,14-. The number of anilines is 1. The molecule has 0 saturated heterocycles. The lowest BCUT2D eigenvalue weighted by Gasteiger charge is -2.26. The molecule has 1 aromatic heterocycles. The van der Waals surface area contributed by atoms with Gasteiger partial charge in [-0.1, -0.05) is 6.92 Å². The van der Waals surface area contributed by atoms with E-state index in [4.69, 9.17) is 4.74 Å². The van der Waals surface area contributed by atoms with Crippen molar-refractivity contribution in [2.75, 3.05) is 12.4 Å². The van der Waals surface area contributed by atoms with Gasteiger partial charge in [0.1, 0.15) is 11.5 Å². The van der Waals surface area contributed by atoms with Crippen molar-refractivity contribution in [3.8, 4) is 22.6 Å². The van der Waals surface area contributed by atoms with Gasteiger partial charge in [-0.2, -0.15) is 0 Å². The SMILES string of the molecule is COc1cc(OC(F)(F)F)ccc1-c1cnc(N[C@H]2CC[C@H](C)CC2)nc1. The summed E-state index contributed by atoms with van der Waals surface area (Å²) in [5.74, 6) is 1.23. The molecule has 1 fully saturated rings. The van der Waals surface area contributed by atoms with Crippen LogP contribution < -0.4 is 14.8 Å². The molecule has 0 bridgehead atoms. The van der Waals surface area contributed by atoms with Gasteiger partial charge in [0.05, 0.1) is 7.11 Å². The molecule has 1 aliphatic rings. The molecule has 5 nitrogen and oxygen atoms in total. The molecule has 8 heteroatoms. The van der Waals surface area contributed by atoms with Crippen molar-refractivity contribution < 1.29 is 22.6 Å². The number of hydrogen-bond donors (Lipinski definition) is 1. The molecule has 0 amide bonds. The summed E-state index contributed by atoms with van der Waals surface area (Å²) in [6.45, 7) is 2.26. The summed E-state index contributed by atoms with van der Waals surface area (Å²) in [5, 5.41) is 3.35. The number of ether oxygens (including phenoxy) is 2. The first-order valence-electron chi connectivity index (χ1n) is 8.87. The van der Waals surface area contributed by atoms with E-state index in [-0.39, 0.29) is 11.5 Å². The second kappa shape index (κ2) is 8.02. The molecule has 0 radical (unpaired) electrons. The van der Waals surface area contributed by atoms with Crippen molar-refractivity contribution in [2.24, 2.45) is 5.92 Å². The minimum atomic E-state index is -4.75. The van der Waals surface area contributed by atoms with Crippen LogP contribution in [-0.4, -0.2) is 29.5 Å². The van der Waals surface area contributed by atoms with E-state index in [1.54, 1.807) is 12.4 Å². The lowest BCUT2D eigenvalue weighted by molar-refractivity contribution is -0.274. The Morgan fingerprint density at radius 1 is 1.07 bits per heavy atom. The third-order valence-electron chi connectivity index (χ3n) is 4.72. The van der Waals surface area contributed by atoms with Crippen LogP contribution in [-0.2, 0) is 0 Å². The Labute approximate surface area is 155 Å². The average molecular weight is 381 g/mol. The van der Waals surface area contributed by atoms with Crippen LogP contribution in [0.1, 0.15) is 32.6 Å². The monoisotopic (exact) mass is 381 g/mol. The Balaban J connectivity index is 1.72. The summed E-state index contributed by atoms with van der Waals surface area (Å²) in [7, 11) is 1.39. The normalized spacial score (nSPS) is 20.2. The molecule has 0 aliphatic heterocycles. The van der Waals surface area contributed by atoms with Gasteiger partial charge in [-0.3, -0.25) is 0 Å². The van der Waals surface area contributed by atoms with E-state index in [0.29, 0.717) is 23.1 Å². The fourth-order valence-electron chi connectivity index (χ4n) is 3.24. The van der Waals surface area contributed by atoms with Gasteiger partial charge in [0.2, 0.25) is 5.95 Å². The Kier molecular flexibility index (Phi) is 5.72. The molecule has 1 aromatic carbocycles. The lowest BCUT2D eigenvalue weighted by Crippen LogP contribution is -2.26. The van der Waals surface area contributed by atoms with E-state index in [0.717, 1.165) is 18.8 Å². The number of nitrogens with zero attached hydrogens (tertiary/aromatic N) is 2. The van der Waals surface area contributed by atoms with E-state index in [1.807, 2.05) is 0 Å². The smallest absolute Gasteiger partial charge is 0.496 e. The fourth-order valence-corrected chi connectivity index (χ4v) is 3.24. The zero-order valence-electron chi connectivity index (χ0n) is 15.2. The molecular formula is C19H22F3N3O2. The van der Waals surface area contributed by atoms with Gasteiger partial charge in [0.15, 0.2) is 0 Å². The zero-order valence-corrected chi connectivity index (χ0v) is 15.2. The molecule has 1 aliphatic carbocycles. The summed E-state index contributed by atoms with van der Waals surface area (Å²) in [6, 6.07) is 4.30. The van der Waals surface area contributed by atoms with Crippen molar-refractivity contribution in [3.63, 3.8) is 0 Å². The van der Waals surface area contributed by atoms with Crippen molar-refractivity contribution in [3.05, 3.63) is 30.6 Å². The molecule has 1 heterocycles. The van der Waals surface area contributed by atoms with Crippen LogP contribution in [0.15, 0.2) is 30.6 Å². The second-order valence-corrected chi connectivity index (χ2v) is 6.81. The molecule has 3 rings (SSSR count). The number of rotatable bonds is 5. The maximum Gasteiger partial charge on any atom is 0.573 e. The van der Waals surface area contributed by atoms with Crippen molar-refractivity contribution in [2.45, 2.75) is 45.0 Å². The molecule has 27 heavy (non-hydrogen) atoms. The maximum atomic E-state index is 12.4.